The third kappa shape index (κ3) is 2.42. The van der Waals surface area contributed by atoms with Gasteiger partial charge in [0.1, 0.15) is 6.29 Å². The smallest absolute Gasteiger partial charge is 0.221 e. The number of primary amides is 1. The second-order valence-electron chi connectivity index (χ2n) is 3.54. The zero-order valence-corrected chi connectivity index (χ0v) is 9.04. The third-order valence-corrected chi connectivity index (χ3v) is 2.53. The minimum atomic E-state index is -0.769. The van der Waals surface area contributed by atoms with Gasteiger partial charge < -0.3 is 10.5 Å². The van der Waals surface area contributed by atoms with Gasteiger partial charge in [-0.25, -0.2) is 0 Å². The normalized spacial score (nSPS) is 14.9. The fourth-order valence-electron chi connectivity index (χ4n) is 1.52. The Morgan fingerprint density at radius 3 is 2.29 bits per heavy atom. The van der Waals surface area contributed by atoms with E-state index in [-0.39, 0.29) is 6.42 Å². The molecule has 0 radical (unpaired) electrons. The summed E-state index contributed by atoms with van der Waals surface area (Å²) >= 11 is 0. The first kappa shape index (κ1) is 12.8. The van der Waals surface area contributed by atoms with Crippen molar-refractivity contribution in [2.75, 3.05) is 14.1 Å². The molecule has 0 aliphatic heterocycles. The van der Waals surface area contributed by atoms with Crippen molar-refractivity contribution in [3.8, 4) is 0 Å². The van der Waals surface area contributed by atoms with Crippen molar-refractivity contribution in [2.45, 2.75) is 25.3 Å². The molecule has 0 aliphatic carbocycles. The Hall–Kier alpha value is -1.16. The molecule has 0 saturated carbocycles. The Balaban J connectivity index is 4.90. The molecule has 0 aromatic rings. The average Bonchev–Trinajstić information content (AvgIpc) is 2.05. The summed E-state index contributed by atoms with van der Waals surface area (Å²) in [6, 6.07) is 0. The lowest BCUT2D eigenvalue weighted by atomic mass is 9.86. The molecule has 0 heterocycles. The van der Waals surface area contributed by atoms with Gasteiger partial charge in [0.25, 0.3) is 0 Å². The molecule has 0 bridgehead atoms. The standard InChI is InChI=1S/C10H18N2O2/c1-5-10(7-13,12(3)4)8(2)6-9(11)14/h7H,2,5-6H2,1,3-4H3,(H2,11,14)/t10-/m1/s1. The van der Waals surface area contributed by atoms with Crippen LogP contribution in [0.2, 0.25) is 0 Å². The lowest BCUT2D eigenvalue weighted by Crippen LogP contribution is -2.47. The zero-order valence-electron chi connectivity index (χ0n) is 9.04. The second-order valence-corrected chi connectivity index (χ2v) is 3.54. The number of rotatable bonds is 6. The predicted octanol–water partition coefficient (Wildman–Crippen LogP) is 0.327. The van der Waals surface area contributed by atoms with E-state index in [0.29, 0.717) is 12.0 Å². The number of aldehydes is 1. The van der Waals surface area contributed by atoms with Crippen LogP contribution in [0.25, 0.3) is 0 Å². The molecule has 4 nitrogen and oxygen atoms in total. The minimum Gasteiger partial charge on any atom is -0.369 e. The molecule has 14 heavy (non-hydrogen) atoms. The number of carbonyl (C=O) groups is 2. The lowest BCUT2D eigenvalue weighted by molar-refractivity contribution is -0.118. The number of hydrogen-bond donors (Lipinski definition) is 1. The van der Waals surface area contributed by atoms with Crippen molar-refractivity contribution in [3.63, 3.8) is 0 Å². The van der Waals surface area contributed by atoms with E-state index in [1.54, 1.807) is 19.0 Å². The molecular weight excluding hydrogens is 180 g/mol. The van der Waals surface area contributed by atoms with Crippen LogP contribution in [0.3, 0.4) is 0 Å². The van der Waals surface area contributed by atoms with Crippen molar-refractivity contribution in [2.24, 2.45) is 5.73 Å². The molecule has 4 heteroatoms. The van der Waals surface area contributed by atoms with E-state index in [9.17, 15) is 9.59 Å². The number of amides is 1. The summed E-state index contributed by atoms with van der Waals surface area (Å²) in [5.74, 6) is -0.462. The Kier molecular flexibility index (Phi) is 4.50. The molecule has 0 aliphatic rings. The van der Waals surface area contributed by atoms with Crippen molar-refractivity contribution in [3.05, 3.63) is 12.2 Å². The van der Waals surface area contributed by atoms with Crippen LogP contribution in [0.1, 0.15) is 19.8 Å². The van der Waals surface area contributed by atoms with Crippen LogP contribution in [0.15, 0.2) is 12.2 Å². The van der Waals surface area contributed by atoms with Gasteiger partial charge in [-0.05, 0) is 26.1 Å². The van der Waals surface area contributed by atoms with Crippen LogP contribution in [-0.2, 0) is 9.59 Å². The highest BCUT2D eigenvalue weighted by Crippen LogP contribution is 2.25. The van der Waals surface area contributed by atoms with Crippen molar-refractivity contribution < 1.29 is 9.59 Å². The highest BCUT2D eigenvalue weighted by atomic mass is 16.1. The van der Waals surface area contributed by atoms with E-state index in [1.807, 2.05) is 6.92 Å². The van der Waals surface area contributed by atoms with Gasteiger partial charge in [-0.3, -0.25) is 9.69 Å². The van der Waals surface area contributed by atoms with Gasteiger partial charge in [-0.2, -0.15) is 0 Å². The van der Waals surface area contributed by atoms with E-state index in [0.717, 1.165) is 6.29 Å². The molecular formula is C10H18N2O2. The van der Waals surface area contributed by atoms with Crippen LogP contribution in [0.5, 0.6) is 0 Å². The summed E-state index contributed by atoms with van der Waals surface area (Å²) in [6.07, 6.45) is 1.44. The monoisotopic (exact) mass is 198 g/mol. The van der Waals surface area contributed by atoms with Crippen LogP contribution >= 0.6 is 0 Å². The molecule has 0 fully saturated rings. The molecule has 0 saturated heterocycles. The van der Waals surface area contributed by atoms with Crippen LogP contribution in [-0.4, -0.2) is 36.7 Å². The van der Waals surface area contributed by atoms with Gasteiger partial charge in [0.15, 0.2) is 0 Å². The Morgan fingerprint density at radius 2 is 2.07 bits per heavy atom. The fraction of sp³-hybridized carbons (Fsp3) is 0.600. The quantitative estimate of drug-likeness (QED) is 0.494. The summed E-state index contributed by atoms with van der Waals surface area (Å²) in [6.45, 7) is 5.63. The summed E-state index contributed by atoms with van der Waals surface area (Å²) in [7, 11) is 3.56. The maximum atomic E-state index is 11.1. The lowest BCUT2D eigenvalue weighted by Gasteiger charge is -2.35. The van der Waals surface area contributed by atoms with E-state index in [1.165, 1.54) is 0 Å². The highest BCUT2D eigenvalue weighted by molar-refractivity contribution is 5.80. The Labute approximate surface area is 84.8 Å². The second kappa shape index (κ2) is 4.91. The van der Waals surface area contributed by atoms with Crippen molar-refractivity contribution in [1.82, 2.24) is 4.90 Å². The SMILES string of the molecule is C=C(CC(N)=O)[C@](C=O)(CC)N(C)C. The first-order chi connectivity index (χ1) is 6.40. The van der Waals surface area contributed by atoms with Gasteiger partial charge in [-0.1, -0.05) is 13.5 Å². The number of carbonyl (C=O) groups excluding carboxylic acids is 2. The topological polar surface area (TPSA) is 63.4 Å². The van der Waals surface area contributed by atoms with Crippen molar-refractivity contribution >= 4 is 12.2 Å². The van der Waals surface area contributed by atoms with Gasteiger partial charge in [-0.15, -0.1) is 0 Å². The van der Waals surface area contributed by atoms with Crippen LogP contribution < -0.4 is 5.73 Å². The molecule has 80 valence electrons. The van der Waals surface area contributed by atoms with Gasteiger partial charge >= 0.3 is 0 Å². The predicted molar refractivity (Wildman–Crippen MR) is 55.7 cm³/mol. The zero-order chi connectivity index (χ0) is 11.4. The summed E-state index contributed by atoms with van der Waals surface area (Å²) in [5.41, 5.74) is 4.85. The molecule has 2 N–H and O–H groups in total. The van der Waals surface area contributed by atoms with Gasteiger partial charge in [0.2, 0.25) is 5.91 Å². The van der Waals surface area contributed by atoms with E-state index < -0.39 is 11.4 Å². The average molecular weight is 198 g/mol. The number of nitrogens with two attached hydrogens (primary N) is 1. The van der Waals surface area contributed by atoms with E-state index in [2.05, 4.69) is 6.58 Å². The fourth-order valence-corrected chi connectivity index (χ4v) is 1.52. The van der Waals surface area contributed by atoms with E-state index >= 15 is 0 Å². The highest BCUT2D eigenvalue weighted by Gasteiger charge is 2.33. The first-order valence-corrected chi connectivity index (χ1v) is 4.51. The minimum absolute atomic E-state index is 0.0464. The van der Waals surface area contributed by atoms with Crippen LogP contribution in [0, 0.1) is 0 Å². The molecule has 0 spiro atoms. The maximum Gasteiger partial charge on any atom is 0.221 e. The van der Waals surface area contributed by atoms with Gasteiger partial charge in [0.05, 0.1) is 5.54 Å². The molecule has 1 atom stereocenters. The molecule has 0 aromatic carbocycles. The maximum absolute atomic E-state index is 11.1. The summed E-state index contributed by atoms with van der Waals surface area (Å²) in [5, 5.41) is 0. The Morgan fingerprint density at radius 1 is 1.57 bits per heavy atom. The molecule has 1 amide bonds. The summed E-state index contributed by atoms with van der Waals surface area (Å²) in [4.78, 5) is 23.6. The van der Waals surface area contributed by atoms with Crippen molar-refractivity contribution in [1.29, 1.82) is 0 Å². The Bertz CT molecular complexity index is 249. The molecule has 0 unspecified atom stereocenters. The van der Waals surface area contributed by atoms with E-state index in [4.69, 9.17) is 5.73 Å². The number of nitrogens with zero attached hydrogens (tertiary/aromatic N) is 1. The molecule has 0 rings (SSSR count). The van der Waals surface area contributed by atoms with Crippen LogP contribution in [0.4, 0.5) is 0 Å². The largest absolute Gasteiger partial charge is 0.369 e. The van der Waals surface area contributed by atoms with Gasteiger partial charge in [0, 0.05) is 6.42 Å². The first-order valence-electron chi connectivity index (χ1n) is 4.51. The number of hydrogen-bond acceptors (Lipinski definition) is 3. The summed E-state index contributed by atoms with van der Waals surface area (Å²) < 4.78 is 0. The molecule has 0 aromatic heterocycles. The third-order valence-electron chi connectivity index (χ3n) is 2.53. The number of likely N-dealkylation sites (N-methyl/N-ethyl adjacent to an activating group) is 1.